The van der Waals surface area contributed by atoms with E-state index in [1.807, 2.05) is 13.8 Å². The third-order valence-electron chi connectivity index (χ3n) is 10.3. The first-order valence-corrected chi connectivity index (χ1v) is 14.4. The number of fused-ring (bicyclic) bond motifs is 5. The van der Waals surface area contributed by atoms with Crippen LogP contribution in [0.3, 0.4) is 0 Å². The van der Waals surface area contributed by atoms with E-state index in [4.69, 9.17) is 0 Å². The molecule has 0 aromatic rings. The molecule has 0 spiro atoms. The van der Waals surface area contributed by atoms with Gasteiger partial charge in [-0.15, -0.1) is 11.8 Å². The Bertz CT molecular complexity index is 840. The van der Waals surface area contributed by atoms with E-state index in [2.05, 4.69) is 39.0 Å². The van der Waals surface area contributed by atoms with Gasteiger partial charge in [0.1, 0.15) is 4.93 Å². The number of hydrogen-bond acceptors (Lipinski definition) is 4. The van der Waals surface area contributed by atoms with Crippen LogP contribution in [-0.2, 0) is 0 Å². The minimum atomic E-state index is -0.917. The second-order valence-corrected chi connectivity index (χ2v) is 13.2. The Kier molecular flexibility index (Phi) is 7.08. The summed E-state index contributed by atoms with van der Waals surface area (Å²) >= 11 is 1.58. The van der Waals surface area contributed by atoms with Gasteiger partial charge in [-0.3, -0.25) is 0 Å². The molecule has 2 saturated carbocycles. The fraction of sp³-hybridized carbons (Fsp3) is 0.793. The van der Waals surface area contributed by atoms with E-state index in [0.717, 1.165) is 50.7 Å². The first-order chi connectivity index (χ1) is 15.5. The highest BCUT2D eigenvalue weighted by Gasteiger charge is 2.58. The monoisotopic (exact) mass is 474 g/mol. The Balaban J connectivity index is 1.49. The van der Waals surface area contributed by atoms with E-state index < -0.39 is 16.6 Å². The van der Waals surface area contributed by atoms with Crippen LogP contribution in [0.4, 0.5) is 0 Å². The van der Waals surface area contributed by atoms with Gasteiger partial charge in [-0.2, -0.15) is 0 Å². The minimum absolute atomic E-state index is 0.266. The maximum absolute atomic E-state index is 11.5. The van der Waals surface area contributed by atoms with Gasteiger partial charge in [-0.05, 0) is 74.4 Å². The van der Waals surface area contributed by atoms with Crippen LogP contribution in [0.2, 0.25) is 0 Å². The summed E-state index contributed by atoms with van der Waals surface area (Å²) in [6.45, 7) is 11.1. The number of allylic oxidation sites excluding steroid dienone is 5. The van der Waals surface area contributed by atoms with E-state index in [-0.39, 0.29) is 10.8 Å². The molecule has 6 atom stereocenters. The lowest BCUT2D eigenvalue weighted by Gasteiger charge is -2.57. The van der Waals surface area contributed by atoms with Crippen molar-refractivity contribution in [2.24, 2.45) is 22.7 Å². The lowest BCUT2D eigenvalue weighted by Crippen LogP contribution is -2.54. The number of aliphatic hydroxyl groups is 3. The fourth-order valence-corrected chi connectivity index (χ4v) is 8.85. The van der Waals surface area contributed by atoms with Crippen LogP contribution in [0.15, 0.2) is 34.9 Å². The van der Waals surface area contributed by atoms with Gasteiger partial charge in [0.05, 0.1) is 11.7 Å². The van der Waals surface area contributed by atoms with Crippen molar-refractivity contribution in [1.29, 1.82) is 0 Å². The lowest BCUT2D eigenvalue weighted by atomic mass is 9.49. The van der Waals surface area contributed by atoms with Crippen molar-refractivity contribution >= 4 is 11.8 Å². The van der Waals surface area contributed by atoms with Crippen LogP contribution in [0.1, 0.15) is 98.8 Å². The number of hydrogen-bond donors (Lipinski definition) is 3. The highest BCUT2D eigenvalue weighted by Crippen LogP contribution is 2.65. The molecule has 4 aliphatic rings. The van der Waals surface area contributed by atoms with Gasteiger partial charge < -0.3 is 15.3 Å². The first-order valence-electron chi connectivity index (χ1n) is 13.4. The molecule has 0 aliphatic heterocycles. The SMILES string of the molecule is CCC1=CC[C@H]2C3=CC=C4C[C@](O)(SCCCC(O)(CC)CC)C[C@H](O)[C@]4(C)[C@H]3CC[C@]12C. The van der Waals surface area contributed by atoms with Crippen LogP contribution in [0.25, 0.3) is 0 Å². The van der Waals surface area contributed by atoms with Gasteiger partial charge >= 0.3 is 0 Å². The van der Waals surface area contributed by atoms with Gasteiger partial charge in [0.25, 0.3) is 0 Å². The van der Waals surface area contributed by atoms with Crippen LogP contribution < -0.4 is 0 Å². The van der Waals surface area contributed by atoms with Gasteiger partial charge in [0.15, 0.2) is 0 Å². The molecule has 0 bridgehead atoms. The summed E-state index contributed by atoms with van der Waals surface area (Å²) in [5.74, 6) is 1.76. The average molecular weight is 475 g/mol. The molecule has 0 saturated heterocycles. The Labute approximate surface area is 205 Å². The summed E-state index contributed by atoms with van der Waals surface area (Å²) in [5.41, 5.74) is 3.84. The summed E-state index contributed by atoms with van der Waals surface area (Å²) < 4.78 is 0. The summed E-state index contributed by atoms with van der Waals surface area (Å²) in [6, 6.07) is 0. The van der Waals surface area contributed by atoms with Crippen molar-refractivity contribution in [3.63, 3.8) is 0 Å². The van der Waals surface area contributed by atoms with E-state index in [1.54, 1.807) is 22.9 Å². The number of aliphatic hydroxyl groups excluding tert-OH is 1. The average Bonchev–Trinajstić information content (AvgIpc) is 3.14. The zero-order valence-electron chi connectivity index (χ0n) is 21.5. The van der Waals surface area contributed by atoms with Crippen molar-refractivity contribution in [3.05, 3.63) is 34.9 Å². The van der Waals surface area contributed by atoms with E-state index in [0.29, 0.717) is 24.7 Å². The fourth-order valence-electron chi connectivity index (χ4n) is 7.65. The summed E-state index contributed by atoms with van der Waals surface area (Å²) in [6.07, 6.45) is 15.4. The highest BCUT2D eigenvalue weighted by molar-refractivity contribution is 8.00. The van der Waals surface area contributed by atoms with Crippen LogP contribution in [0, 0.1) is 22.7 Å². The van der Waals surface area contributed by atoms with Crippen LogP contribution in [0.5, 0.6) is 0 Å². The maximum Gasteiger partial charge on any atom is 0.116 e. The molecule has 0 amide bonds. The third kappa shape index (κ3) is 4.21. The van der Waals surface area contributed by atoms with E-state index in [1.165, 1.54) is 12.0 Å². The summed E-state index contributed by atoms with van der Waals surface area (Å²) in [7, 11) is 0. The number of thioether (sulfide) groups is 1. The molecule has 4 heteroatoms. The highest BCUT2D eigenvalue weighted by atomic mass is 32.2. The van der Waals surface area contributed by atoms with Gasteiger partial charge in [0, 0.05) is 18.3 Å². The van der Waals surface area contributed by atoms with Gasteiger partial charge in [-0.1, -0.05) is 69.6 Å². The van der Waals surface area contributed by atoms with E-state index in [9.17, 15) is 15.3 Å². The Morgan fingerprint density at radius 1 is 1.12 bits per heavy atom. The quantitative estimate of drug-likeness (QED) is 0.212. The predicted octanol–water partition coefficient (Wildman–Crippen LogP) is 6.54. The molecule has 4 rings (SSSR count). The van der Waals surface area contributed by atoms with Crippen molar-refractivity contribution in [2.45, 2.75) is 115 Å². The Morgan fingerprint density at radius 2 is 1.85 bits per heavy atom. The van der Waals surface area contributed by atoms with Crippen molar-refractivity contribution < 1.29 is 15.3 Å². The van der Waals surface area contributed by atoms with Crippen LogP contribution >= 0.6 is 11.8 Å². The van der Waals surface area contributed by atoms with Crippen molar-refractivity contribution in [3.8, 4) is 0 Å². The molecular formula is C29H46O3S. The van der Waals surface area contributed by atoms with E-state index >= 15 is 0 Å². The zero-order valence-corrected chi connectivity index (χ0v) is 22.3. The normalized spacial score (nSPS) is 40.4. The molecule has 0 unspecified atom stereocenters. The smallest absolute Gasteiger partial charge is 0.116 e. The molecule has 4 aliphatic carbocycles. The molecule has 33 heavy (non-hydrogen) atoms. The van der Waals surface area contributed by atoms with Crippen molar-refractivity contribution in [1.82, 2.24) is 0 Å². The largest absolute Gasteiger partial charge is 0.392 e. The molecule has 2 fully saturated rings. The molecule has 0 radical (unpaired) electrons. The summed E-state index contributed by atoms with van der Waals surface area (Å²) in [5, 5.41) is 33.5. The first kappa shape index (κ1) is 25.5. The van der Waals surface area contributed by atoms with Crippen LogP contribution in [-0.4, -0.2) is 37.7 Å². The third-order valence-corrected chi connectivity index (χ3v) is 11.6. The molecule has 186 valence electrons. The van der Waals surface area contributed by atoms with Gasteiger partial charge in [-0.25, -0.2) is 0 Å². The minimum Gasteiger partial charge on any atom is -0.392 e. The maximum atomic E-state index is 11.5. The molecular weight excluding hydrogens is 428 g/mol. The molecule has 0 heterocycles. The standard InChI is InChI=1S/C29H46O3S/c1-6-20-11-13-23-22-12-10-21-18-29(32,33-17-9-15-28(31,7-2)8-3)19-25(30)27(21,5)24(22)14-16-26(20,23)4/h10-12,23-25,30-32H,6-9,13-19H2,1-5H3/t23-,24-,25-,26+,27-,29-/m0/s1. The Morgan fingerprint density at radius 3 is 2.52 bits per heavy atom. The molecule has 3 nitrogen and oxygen atoms in total. The second kappa shape index (κ2) is 9.15. The second-order valence-electron chi connectivity index (χ2n) is 11.7. The summed E-state index contributed by atoms with van der Waals surface area (Å²) in [4.78, 5) is -0.917. The van der Waals surface area contributed by atoms with Crippen molar-refractivity contribution in [2.75, 3.05) is 5.75 Å². The topological polar surface area (TPSA) is 60.7 Å². The molecule has 0 aromatic carbocycles. The molecule has 3 N–H and O–H groups in total. The molecule has 0 aromatic heterocycles. The Hall–Kier alpha value is -0.550. The predicted molar refractivity (Wildman–Crippen MR) is 139 cm³/mol. The lowest BCUT2D eigenvalue weighted by molar-refractivity contribution is -0.0597. The zero-order chi connectivity index (χ0) is 24.1. The number of rotatable bonds is 8. The van der Waals surface area contributed by atoms with Gasteiger partial charge in [0.2, 0.25) is 0 Å².